The van der Waals surface area contributed by atoms with Crippen LogP contribution >= 0.6 is 0 Å². The van der Waals surface area contributed by atoms with Gasteiger partial charge < -0.3 is 4.90 Å². The lowest BCUT2D eigenvalue weighted by molar-refractivity contribution is 0.238. The average molecular weight is 299 g/mol. The van der Waals surface area contributed by atoms with Crippen LogP contribution in [0.5, 0.6) is 0 Å². The van der Waals surface area contributed by atoms with Gasteiger partial charge >= 0.3 is 0 Å². The van der Waals surface area contributed by atoms with Crippen LogP contribution in [-0.4, -0.2) is 33.1 Å². The fourth-order valence-corrected chi connectivity index (χ4v) is 3.47. The van der Waals surface area contributed by atoms with E-state index in [2.05, 4.69) is 40.1 Å². The molecule has 1 fully saturated rings. The van der Waals surface area contributed by atoms with Crippen LogP contribution in [0.25, 0.3) is 5.82 Å². The normalized spacial score (nSPS) is 22.0. The first-order valence-electron chi connectivity index (χ1n) is 8.21. The summed E-state index contributed by atoms with van der Waals surface area (Å²) >= 11 is 0. The standard InChI is InChI=1S/C17H25N5/c1-4-9-17(3)10-5-11-21(13-17)15-6-7-16(19-18-15)22-12-8-14(2)20-22/h6-8,12H,4-5,9-11,13H2,1-3H3. The van der Waals surface area contributed by atoms with Crippen LogP contribution < -0.4 is 4.90 Å². The summed E-state index contributed by atoms with van der Waals surface area (Å²) in [6, 6.07) is 6.04. The molecule has 1 aliphatic heterocycles. The van der Waals surface area contributed by atoms with Gasteiger partial charge in [0.1, 0.15) is 0 Å². The molecule has 2 aromatic rings. The van der Waals surface area contributed by atoms with E-state index in [0.717, 1.165) is 30.4 Å². The van der Waals surface area contributed by atoms with Gasteiger partial charge in [-0.1, -0.05) is 20.3 Å². The predicted molar refractivity (Wildman–Crippen MR) is 88.4 cm³/mol. The fourth-order valence-electron chi connectivity index (χ4n) is 3.47. The monoisotopic (exact) mass is 299 g/mol. The van der Waals surface area contributed by atoms with E-state index >= 15 is 0 Å². The lowest BCUT2D eigenvalue weighted by Gasteiger charge is -2.41. The van der Waals surface area contributed by atoms with Gasteiger partial charge in [-0.3, -0.25) is 0 Å². The van der Waals surface area contributed by atoms with Crippen molar-refractivity contribution in [1.29, 1.82) is 0 Å². The van der Waals surface area contributed by atoms with E-state index < -0.39 is 0 Å². The van der Waals surface area contributed by atoms with Crippen LogP contribution in [0.3, 0.4) is 0 Å². The van der Waals surface area contributed by atoms with Gasteiger partial charge in [0.05, 0.1) is 5.69 Å². The van der Waals surface area contributed by atoms with Crippen LogP contribution in [0.2, 0.25) is 0 Å². The van der Waals surface area contributed by atoms with Gasteiger partial charge in [-0.05, 0) is 49.8 Å². The highest BCUT2D eigenvalue weighted by Gasteiger charge is 2.30. The molecule has 0 N–H and O–H groups in total. The maximum atomic E-state index is 4.43. The molecule has 1 aliphatic rings. The molecule has 0 saturated carbocycles. The maximum absolute atomic E-state index is 4.43. The molecule has 0 aromatic carbocycles. The summed E-state index contributed by atoms with van der Waals surface area (Å²) in [4.78, 5) is 2.38. The van der Waals surface area contributed by atoms with Gasteiger partial charge in [-0.25, -0.2) is 4.68 Å². The predicted octanol–water partition coefficient (Wildman–Crippen LogP) is 3.38. The van der Waals surface area contributed by atoms with E-state index in [4.69, 9.17) is 0 Å². The fraction of sp³-hybridized carbons (Fsp3) is 0.588. The molecule has 0 bridgehead atoms. The van der Waals surface area contributed by atoms with Gasteiger partial charge in [0.15, 0.2) is 11.6 Å². The molecular formula is C17H25N5. The zero-order valence-corrected chi connectivity index (χ0v) is 13.8. The molecule has 1 saturated heterocycles. The van der Waals surface area contributed by atoms with Crippen molar-refractivity contribution >= 4 is 5.82 Å². The number of hydrogen-bond acceptors (Lipinski definition) is 4. The number of anilines is 1. The molecule has 5 heteroatoms. The highest BCUT2D eigenvalue weighted by Crippen LogP contribution is 2.35. The topological polar surface area (TPSA) is 46.8 Å². The van der Waals surface area contributed by atoms with Gasteiger partial charge in [-0.2, -0.15) is 5.10 Å². The third-order valence-electron chi connectivity index (χ3n) is 4.55. The highest BCUT2D eigenvalue weighted by molar-refractivity contribution is 5.40. The van der Waals surface area contributed by atoms with E-state index in [1.165, 1.54) is 25.7 Å². The van der Waals surface area contributed by atoms with E-state index in [1.54, 1.807) is 4.68 Å². The molecule has 3 rings (SSSR count). The van der Waals surface area contributed by atoms with Crippen LogP contribution in [0.4, 0.5) is 5.82 Å². The van der Waals surface area contributed by atoms with Crippen LogP contribution in [0.1, 0.15) is 45.2 Å². The Balaban J connectivity index is 1.75. The molecule has 2 aromatic heterocycles. The second-order valence-electron chi connectivity index (χ2n) is 6.74. The number of aryl methyl sites for hydroxylation is 1. The number of hydrogen-bond donors (Lipinski definition) is 0. The Kier molecular flexibility index (Phi) is 4.14. The Hall–Kier alpha value is -1.91. The number of piperidine rings is 1. The first-order valence-corrected chi connectivity index (χ1v) is 8.21. The summed E-state index contributed by atoms with van der Waals surface area (Å²) in [5.74, 6) is 1.75. The minimum Gasteiger partial charge on any atom is -0.355 e. The summed E-state index contributed by atoms with van der Waals surface area (Å²) in [5.41, 5.74) is 1.39. The van der Waals surface area contributed by atoms with E-state index in [0.29, 0.717) is 5.41 Å². The lowest BCUT2D eigenvalue weighted by Crippen LogP contribution is -2.42. The molecule has 3 heterocycles. The summed E-state index contributed by atoms with van der Waals surface area (Å²) in [5, 5.41) is 13.1. The van der Waals surface area contributed by atoms with E-state index in [9.17, 15) is 0 Å². The maximum Gasteiger partial charge on any atom is 0.175 e. The van der Waals surface area contributed by atoms with Crippen molar-refractivity contribution < 1.29 is 0 Å². The van der Waals surface area contributed by atoms with Crippen molar-refractivity contribution in [2.75, 3.05) is 18.0 Å². The second kappa shape index (κ2) is 6.07. The molecule has 1 atom stereocenters. The largest absolute Gasteiger partial charge is 0.355 e. The Bertz CT molecular complexity index is 614. The smallest absolute Gasteiger partial charge is 0.175 e. The quantitative estimate of drug-likeness (QED) is 0.868. The van der Waals surface area contributed by atoms with E-state index in [1.807, 2.05) is 25.3 Å². The minimum atomic E-state index is 0.409. The number of aromatic nitrogens is 4. The van der Waals surface area contributed by atoms with Crippen LogP contribution in [0.15, 0.2) is 24.4 Å². The second-order valence-corrected chi connectivity index (χ2v) is 6.74. The first-order chi connectivity index (χ1) is 10.6. The molecule has 0 amide bonds. The Morgan fingerprint density at radius 1 is 1.18 bits per heavy atom. The molecule has 0 spiro atoms. The van der Waals surface area contributed by atoms with Gasteiger partial charge in [0.25, 0.3) is 0 Å². The lowest BCUT2D eigenvalue weighted by atomic mass is 9.78. The van der Waals surface area contributed by atoms with Crippen molar-refractivity contribution in [2.45, 2.75) is 46.5 Å². The summed E-state index contributed by atoms with van der Waals surface area (Å²) in [6.45, 7) is 8.80. The number of nitrogens with zero attached hydrogens (tertiary/aromatic N) is 5. The molecular weight excluding hydrogens is 274 g/mol. The SMILES string of the molecule is CCCC1(C)CCCN(c2ccc(-n3ccc(C)n3)nn2)C1. The van der Waals surface area contributed by atoms with E-state index in [-0.39, 0.29) is 0 Å². The minimum absolute atomic E-state index is 0.409. The summed E-state index contributed by atoms with van der Waals surface area (Å²) in [7, 11) is 0. The molecule has 0 aliphatic carbocycles. The van der Waals surface area contributed by atoms with Crippen molar-refractivity contribution in [2.24, 2.45) is 5.41 Å². The Morgan fingerprint density at radius 2 is 1.95 bits per heavy atom. The van der Waals surface area contributed by atoms with Crippen molar-refractivity contribution in [3.63, 3.8) is 0 Å². The molecule has 1 unspecified atom stereocenters. The zero-order chi connectivity index (χ0) is 15.6. The molecule has 118 valence electrons. The van der Waals surface area contributed by atoms with Gasteiger partial charge in [-0.15, -0.1) is 10.2 Å². The third kappa shape index (κ3) is 3.13. The van der Waals surface area contributed by atoms with Gasteiger partial charge in [0.2, 0.25) is 0 Å². The summed E-state index contributed by atoms with van der Waals surface area (Å²) < 4.78 is 1.77. The van der Waals surface area contributed by atoms with Crippen LogP contribution in [0, 0.1) is 12.3 Å². The third-order valence-corrected chi connectivity index (χ3v) is 4.55. The van der Waals surface area contributed by atoms with Gasteiger partial charge in [0, 0.05) is 19.3 Å². The Morgan fingerprint density at radius 3 is 2.59 bits per heavy atom. The highest BCUT2D eigenvalue weighted by atomic mass is 15.4. The van der Waals surface area contributed by atoms with Crippen molar-refractivity contribution in [1.82, 2.24) is 20.0 Å². The first kappa shape index (κ1) is 15.0. The Labute approximate surface area is 132 Å². The van der Waals surface area contributed by atoms with Crippen LogP contribution in [-0.2, 0) is 0 Å². The molecule has 5 nitrogen and oxygen atoms in total. The van der Waals surface area contributed by atoms with Crippen molar-refractivity contribution in [3.05, 3.63) is 30.1 Å². The number of rotatable bonds is 4. The zero-order valence-electron chi connectivity index (χ0n) is 13.8. The average Bonchev–Trinajstić information content (AvgIpc) is 2.94. The molecule has 22 heavy (non-hydrogen) atoms. The summed E-state index contributed by atoms with van der Waals surface area (Å²) in [6.07, 6.45) is 6.99. The molecule has 0 radical (unpaired) electrons. The van der Waals surface area contributed by atoms with Crippen molar-refractivity contribution in [3.8, 4) is 5.82 Å².